The first-order valence-electron chi connectivity index (χ1n) is 8.11. The van der Waals surface area contributed by atoms with Crippen LogP contribution in [-0.4, -0.2) is 39.3 Å². The van der Waals surface area contributed by atoms with E-state index in [-0.39, 0.29) is 16.7 Å². The van der Waals surface area contributed by atoms with E-state index in [4.69, 9.17) is 0 Å². The van der Waals surface area contributed by atoms with Gasteiger partial charge >= 0.3 is 0 Å². The van der Waals surface area contributed by atoms with Gasteiger partial charge in [0.05, 0.1) is 16.3 Å². The predicted molar refractivity (Wildman–Crippen MR) is 96.6 cm³/mol. The van der Waals surface area contributed by atoms with Gasteiger partial charge in [-0.2, -0.15) is 0 Å². The summed E-state index contributed by atoms with van der Waals surface area (Å²) in [5, 5.41) is 6.00. The maximum Gasteiger partial charge on any atom is 0.242 e. The number of carbonyl (C=O) groups excluding carboxylic acids is 1. The lowest BCUT2D eigenvalue weighted by Crippen LogP contribution is -2.23. The molecule has 2 N–H and O–H groups in total. The van der Waals surface area contributed by atoms with Gasteiger partial charge in [0.2, 0.25) is 15.9 Å². The molecule has 1 atom stereocenters. The number of allylic oxidation sites excluding steroid dienone is 2. The monoisotopic (exact) mass is 351 g/mol. The molecule has 7 heteroatoms. The highest BCUT2D eigenvalue weighted by molar-refractivity contribution is 7.89. The van der Waals surface area contributed by atoms with E-state index in [1.807, 2.05) is 6.92 Å². The average Bonchev–Trinajstić information content (AvgIpc) is 3.01. The van der Waals surface area contributed by atoms with Crippen molar-refractivity contribution in [2.75, 3.05) is 31.3 Å². The smallest absolute Gasteiger partial charge is 0.242 e. The Morgan fingerprint density at radius 1 is 1.29 bits per heavy atom. The Hall–Kier alpha value is -1.86. The Morgan fingerprint density at radius 2 is 2.04 bits per heavy atom. The van der Waals surface area contributed by atoms with Crippen LogP contribution in [0.25, 0.3) is 0 Å². The fourth-order valence-electron chi connectivity index (χ4n) is 2.65. The van der Waals surface area contributed by atoms with Crippen LogP contribution in [0.1, 0.15) is 26.2 Å². The van der Waals surface area contributed by atoms with Crippen LogP contribution in [0.15, 0.2) is 35.2 Å². The van der Waals surface area contributed by atoms with Gasteiger partial charge in [0.1, 0.15) is 0 Å². The minimum absolute atomic E-state index is 0.106. The number of nitrogens with one attached hydrogen (secondary N) is 2. The Bertz CT molecular complexity index is 727. The SMILES string of the molecule is CCNc1ccc(S(=O)(=O)N(C)C)cc1NC(=O)CC1C=CCC1. The van der Waals surface area contributed by atoms with Crippen molar-refractivity contribution < 1.29 is 13.2 Å². The molecule has 132 valence electrons. The molecule has 1 aromatic carbocycles. The van der Waals surface area contributed by atoms with Crippen LogP contribution in [0.3, 0.4) is 0 Å². The molecule has 0 fully saturated rings. The van der Waals surface area contributed by atoms with Gasteiger partial charge in [-0.25, -0.2) is 12.7 Å². The minimum atomic E-state index is -3.55. The molecular weight excluding hydrogens is 326 g/mol. The fraction of sp³-hybridized carbons (Fsp3) is 0.471. The summed E-state index contributed by atoms with van der Waals surface area (Å²) in [6.07, 6.45) is 6.57. The van der Waals surface area contributed by atoms with Gasteiger partial charge in [0.25, 0.3) is 0 Å². The number of nitrogens with zero attached hydrogens (tertiary/aromatic N) is 1. The number of hydrogen-bond donors (Lipinski definition) is 2. The summed E-state index contributed by atoms with van der Waals surface area (Å²) in [6.45, 7) is 2.62. The molecular formula is C17H25N3O3S. The van der Waals surface area contributed by atoms with E-state index in [0.29, 0.717) is 24.3 Å². The van der Waals surface area contributed by atoms with Crippen molar-refractivity contribution in [3.63, 3.8) is 0 Å². The third-order valence-electron chi connectivity index (χ3n) is 3.97. The van der Waals surface area contributed by atoms with E-state index in [9.17, 15) is 13.2 Å². The third-order valence-corrected chi connectivity index (χ3v) is 5.78. The van der Waals surface area contributed by atoms with Crippen LogP contribution in [0.4, 0.5) is 11.4 Å². The molecule has 2 rings (SSSR count). The number of sulfonamides is 1. The van der Waals surface area contributed by atoms with E-state index < -0.39 is 10.0 Å². The number of anilines is 2. The van der Waals surface area contributed by atoms with Gasteiger partial charge < -0.3 is 10.6 Å². The second-order valence-electron chi connectivity index (χ2n) is 6.04. The van der Waals surface area contributed by atoms with Crippen molar-refractivity contribution in [3.8, 4) is 0 Å². The molecule has 0 saturated carbocycles. The van der Waals surface area contributed by atoms with E-state index in [2.05, 4.69) is 22.8 Å². The van der Waals surface area contributed by atoms with E-state index in [1.54, 1.807) is 12.1 Å². The maximum absolute atomic E-state index is 12.3. The second-order valence-corrected chi connectivity index (χ2v) is 8.19. The van der Waals surface area contributed by atoms with Crippen molar-refractivity contribution in [3.05, 3.63) is 30.4 Å². The lowest BCUT2D eigenvalue weighted by molar-refractivity contribution is -0.116. The highest BCUT2D eigenvalue weighted by Crippen LogP contribution is 2.28. The quantitative estimate of drug-likeness (QED) is 0.740. The third kappa shape index (κ3) is 4.36. The van der Waals surface area contributed by atoms with Crippen molar-refractivity contribution in [1.82, 2.24) is 4.31 Å². The molecule has 0 aromatic heterocycles. The Morgan fingerprint density at radius 3 is 2.62 bits per heavy atom. The number of benzene rings is 1. The molecule has 24 heavy (non-hydrogen) atoms. The minimum Gasteiger partial charge on any atom is -0.384 e. The molecule has 0 bridgehead atoms. The molecule has 0 aliphatic heterocycles. The van der Waals surface area contributed by atoms with E-state index in [1.165, 1.54) is 20.2 Å². The highest BCUT2D eigenvalue weighted by atomic mass is 32.2. The first-order valence-corrected chi connectivity index (χ1v) is 9.55. The summed E-state index contributed by atoms with van der Waals surface area (Å²) >= 11 is 0. The molecule has 1 amide bonds. The zero-order valence-corrected chi connectivity index (χ0v) is 15.2. The highest BCUT2D eigenvalue weighted by Gasteiger charge is 2.20. The summed E-state index contributed by atoms with van der Waals surface area (Å²) in [7, 11) is -0.577. The molecule has 0 heterocycles. The molecule has 1 unspecified atom stereocenters. The Labute approximate surface area is 144 Å². The molecule has 0 saturated heterocycles. The van der Waals surface area contributed by atoms with Crippen molar-refractivity contribution in [2.45, 2.75) is 31.1 Å². The van der Waals surface area contributed by atoms with Gasteiger partial charge in [-0.3, -0.25) is 4.79 Å². The number of rotatable bonds is 7. The number of hydrogen-bond acceptors (Lipinski definition) is 4. The van der Waals surface area contributed by atoms with E-state index >= 15 is 0 Å². The summed E-state index contributed by atoms with van der Waals surface area (Å²) in [5.41, 5.74) is 1.21. The van der Waals surface area contributed by atoms with E-state index in [0.717, 1.165) is 17.1 Å². The lowest BCUT2D eigenvalue weighted by Gasteiger charge is -2.17. The molecule has 1 aliphatic carbocycles. The number of carbonyl (C=O) groups is 1. The largest absolute Gasteiger partial charge is 0.384 e. The topological polar surface area (TPSA) is 78.5 Å². The summed E-state index contributed by atoms with van der Waals surface area (Å²) in [6, 6.07) is 4.74. The zero-order chi connectivity index (χ0) is 17.7. The van der Waals surface area contributed by atoms with Crippen LogP contribution in [0, 0.1) is 5.92 Å². The normalized spacial score (nSPS) is 17.2. The van der Waals surface area contributed by atoms with Gasteiger partial charge in [0, 0.05) is 27.1 Å². The Balaban J connectivity index is 2.24. The van der Waals surface area contributed by atoms with Crippen LogP contribution >= 0.6 is 0 Å². The summed E-state index contributed by atoms with van der Waals surface area (Å²) < 4.78 is 25.8. The number of amides is 1. The average molecular weight is 351 g/mol. The molecule has 0 spiro atoms. The van der Waals surface area contributed by atoms with Gasteiger partial charge in [-0.1, -0.05) is 12.2 Å². The Kier molecular flexibility index (Phi) is 6.01. The van der Waals surface area contributed by atoms with Gasteiger partial charge in [-0.15, -0.1) is 0 Å². The zero-order valence-electron chi connectivity index (χ0n) is 14.4. The molecule has 1 aromatic rings. The van der Waals surface area contributed by atoms with Crippen LogP contribution in [-0.2, 0) is 14.8 Å². The van der Waals surface area contributed by atoms with Gasteiger partial charge in [0.15, 0.2) is 0 Å². The predicted octanol–water partition coefficient (Wildman–Crippen LogP) is 2.66. The second kappa shape index (κ2) is 7.81. The molecule has 0 radical (unpaired) electrons. The molecule has 1 aliphatic rings. The maximum atomic E-state index is 12.3. The summed E-state index contributed by atoms with van der Waals surface area (Å²) in [4.78, 5) is 12.4. The van der Waals surface area contributed by atoms with Crippen LogP contribution < -0.4 is 10.6 Å². The molecule has 6 nitrogen and oxygen atoms in total. The summed E-state index contributed by atoms with van der Waals surface area (Å²) in [5.74, 6) is 0.159. The van der Waals surface area contributed by atoms with Crippen molar-refractivity contribution >= 4 is 27.3 Å². The first kappa shape index (κ1) is 18.5. The standard InChI is InChI=1S/C17H25N3O3S/c1-4-18-15-10-9-14(24(22,23)20(2)3)12-16(15)19-17(21)11-13-7-5-6-8-13/h5,7,9-10,12-13,18H,4,6,8,11H2,1-3H3,(H,19,21). The van der Waals surface area contributed by atoms with Crippen molar-refractivity contribution in [1.29, 1.82) is 0 Å². The fourth-order valence-corrected chi connectivity index (χ4v) is 3.58. The first-order chi connectivity index (χ1) is 11.3. The van der Waals surface area contributed by atoms with Crippen LogP contribution in [0.2, 0.25) is 0 Å². The van der Waals surface area contributed by atoms with Crippen molar-refractivity contribution in [2.24, 2.45) is 5.92 Å². The van der Waals surface area contributed by atoms with Gasteiger partial charge in [-0.05, 0) is 43.9 Å². The van der Waals surface area contributed by atoms with Crippen LogP contribution in [0.5, 0.6) is 0 Å². The lowest BCUT2D eigenvalue weighted by atomic mass is 10.0.